The number of fused-ring (bicyclic) bond motifs is 1. The fraction of sp³-hybridized carbons (Fsp3) is 0.0741. The molecule has 0 aliphatic heterocycles. The predicted octanol–water partition coefficient (Wildman–Crippen LogP) is 4.72. The summed E-state index contributed by atoms with van der Waals surface area (Å²) in [5.41, 5.74) is 1.71. The molecule has 2 heterocycles. The molecule has 12 nitrogen and oxygen atoms in total. The molecule has 3 aromatic carbocycles. The highest BCUT2D eigenvalue weighted by atomic mass is 16.3. The summed E-state index contributed by atoms with van der Waals surface area (Å²) in [5, 5.41) is 46.2. The second-order valence-electron chi connectivity index (χ2n) is 8.27. The molecule has 1 amide bonds. The molecule has 12 heteroatoms. The van der Waals surface area contributed by atoms with E-state index in [1.807, 2.05) is 0 Å². The smallest absolute Gasteiger partial charge is 0.260 e. The zero-order valence-electron chi connectivity index (χ0n) is 20.2. The molecule has 0 saturated carbocycles. The summed E-state index contributed by atoms with van der Waals surface area (Å²) in [6, 6.07) is 14.7. The van der Waals surface area contributed by atoms with Crippen molar-refractivity contribution >= 4 is 39.6 Å². The molecule has 0 fully saturated rings. The number of rotatable bonds is 7. The van der Waals surface area contributed by atoms with Crippen LogP contribution < -0.4 is 5.32 Å². The van der Waals surface area contributed by atoms with E-state index in [1.54, 1.807) is 48.5 Å². The van der Waals surface area contributed by atoms with E-state index in [-0.39, 0.29) is 41.9 Å². The highest BCUT2D eigenvalue weighted by Crippen LogP contribution is 2.39. The number of aliphatic hydroxyl groups excluding tert-OH is 2. The van der Waals surface area contributed by atoms with Gasteiger partial charge < -0.3 is 20.6 Å². The molecule has 0 bridgehead atoms. The Hall–Kier alpha value is -5.51. The maximum Gasteiger partial charge on any atom is 0.260 e. The number of nitrogens with one attached hydrogen (secondary N) is 1. The topological polar surface area (TPSA) is 162 Å². The minimum Gasteiger partial charge on any atom is -0.505 e. The number of hydrogen-bond acceptors (Lipinski definition) is 9. The fourth-order valence-corrected chi connectivity index (χ4v) is 3.88. The summed E-state index contributed by atoms with van der Waals surface area (Å²) in [6.45, 7) is 7.09. The number of benzene rings is 3. The van der Waals surface area contributed by atoms with Gasteiger partial charge in [-0.2, -0.15) is 9.78 Å². The Bertz CT molecular complexity index is 1740. The van der Waals surface area contributed by atoms with Crippen LogP contribution in [0.4, 0.5) is 22.9 Å². The third-order valence-electron chi connectivity index (χ3n) is 5.80. The average molecular weight is 521 g/mol. The fourth-order valence-electron chi connectivity index (χ4n) is 3.88. The molecule has 0 aliphatic carbocycles. The minimum atomic E-state index is -0.604. The van der Waals surface area contributed by atoms with Gasteiger partial charge in [0, 0.05) is 18.1 Å². The van der Waals surface area contributed by atoms with Crippen LogP contribution in [0, 0.1) is 6.57 Å². The lowest BCUT2D eigenvalue weighted by atomic mass is 9.99. The van der Waals surface area contributed by atoms with Gasteiger partial charge in [0.2, 0.25) is 0 Å². The molecular weight excluding hydrogens is 500 g/mol. The molecule has 5 aromatic rings. The Kier molecular flexibility index (Phi) is 7.00. The number of carbonyl (C=O) groups is 1. The van der Waals surface area contributed by atoms with Crippen LogP contribution in [0.3, 0.4) is 0 Å². The quantitative estimate of drug-likeness (QED) is 0.178. The Balaban J connectivity index is 1.60. The van der Waals surface area contributed by atoms with Crippen molar-refractivity contribution in [3.8, 4) is 11.7 Å². The molecule has 4 N–H and O–H groups in total. The molecule has 0 saturated heterocycles. The number of nitrogens with zero attached hydrogens (tertiary/aromatic N) is 7. The summed E-state index contributed by atoms with van der Waals surface area (Å²) in [6.07, 6.45) is 4.32. The summed E-state index contributed by atoms with van der Waals surface area (Å²) >= 11 is 0. The normalized spacial score (nSPS) is 11.1. The van der Waals surface area contributed by atoms with Crippen molar-refractivity contribution in [1.82, 2.24) is 19.7 Å². The standard InChI is InChI=1S/C27H20N8O4/c1-28-22-13-31-35(27-29-9-2-10-30-27)25(22)34-33-21-12-18-11-17(15-37)5-8-20(18)23(24(21)38)26(39)32-19-6-3-16(14-36)4-7-19/h2-13,36-38H,14-15H2,(H,32,39)/b34-33+. The third-order valence-corrected chi connectivity index (χ3v) is 5.80. The zero-order chi connectivity index (χ0) is 27.4. The molecule has 2 aromatic heterocycles. The van der Waals surface area contributed by atoms with Crippen molar-refractivity contribution in [3.63, 3.8) is 0 Å². The molecule has 0 aliphatic rings. The average Bonchev–Trinajstić information content (AvgIpc) is 3.39. The number of aromatic nitrogens is 4. The van der Waals surface area contributed by atoms with Gasteiger partial charge in [0.1, 0.15) is 5.69 Å². The van der Waals surface area contributed by atoms with E-state index in [0.717, 1.165) is 0 Å². The number of aliphatic hydroxyl groups is 2. The molecule has 0 atom stereocenters. The number of amides is 1. The first-order valence-electron chi connectivity index (χ1n) is 11.6. The first-order chi connectivity index (χ1) is 19.0. The van der Waals surface area contributed by atoms with Gasteiger partial charge in [-0.05, 0) is 52.2 Å². The van der Waals surface area contributed by atoms with Crippen LogP contribution in [0.1, 0.15) is 21.5 Å². The molecule has 0 unspecified atom stereocenters. The first-order valence-corrected chi connectivity index (χ1v) is 11.6. The second kappa shape index (κ2) is 10.9. The molecule has 0 radical (unpaired) electrons. The van der Waals surface area contributed by atoms with Crippen LogP contribution in [-0.4, -0.2) is 41.0 Å². The summed E-state index contributed by atoms with van der Waals surface area (Å²) in [7, 11) is 0. The van der Waals surface area contributed by atoms with Gasteiger partial charge in [-0.15, -0.1) is 10.2 Å². The number of phenols is 1. The van der Waals surface area contributed by atoms with E-state index in [2.05, 4.69) is 35.5 Å². The molecule has 0 spiro atoms. The molecular formula is C27H20N8O4. The van der Waals surface area contributed by atoms with Crippen LogP contribution in [0.25, 0.3) is 21.6 Å². The lowest BCUT2D eigenvalue weighted by molar-refractivity contribution is 0.102. The number of hydrogen-bond donors (Lipinski definition) is 4. The maximum absolute atomic E-state index is 13.4. The first kappa shape index (κ1) is 25.2. The van der Waals surface area contributed by atoms with E-state index in [1.165, 1.54) is 29.3 Å². The molecule has 5 rings (SSSR count). The summed E-state index contributed by atoms with van der Waals surface area (Å²) < 4.78 is 1.24. The third kappa shape index (κ3) is 5.03. The minimum absolute atomic E-state index is 0.0368. The number of azo groups is 1. The Morgan fingerprint density at radius 2 is 1.72 bits per heavy atom. The van der Waals surface area contributed by atoms with Crippen molar-refractivity contribution in [3.05, 3.63) is 101 Å². The number of phenolic OH excluding ortho intramolecular Hbond substituents is 1. The monoisotopic (exact) mass is 520 g/mol. The van der Waals surface area contributed by atoms with Gasteiger partial charge in [-0.3, -0.25) is 4.79 Å². The number of aromatic hydroxyl groups is 1. The summed E-state index contributed by atoms with van der Waals surface area (Å²) in [5.74, 6) is -0.828. The van der Waals surface area contributed by atoms with Gasteiger partial charge in [-0.25, -0.2) is 14.8 Å². The largest absolute Gasteiger partial charge is 0.505 e. The van der Waals surface area contributed by atoms with Gasteiger partial charge in [0.05, 0.1) is 31.5 Å². The van der Waals surface area contributed by atoms with Crippen molar-refractivity contribution in [2.75, 3.05) is 5.32 Å². The zero-order valence-corrected chi connectivity index (χ0v) is 20.2. The highest BCUT2D eigenvalue weighted by Gasteiger charge is 2.21. The van der Waals surface area contributed by atoms with E-state index in [4.69, 9.17) is 6.57 Å². The maximum atomic E-state index is 13.4. The van der Waals surface area contributed by atoms with Gasteiger partial charge in [0.25, 0.3) is 17.5 Å². The van der Waals surface area contributed by atoms with Crippen molar-refractivity contribution in [2.24, 2.45) is 10.2 Å². The lowest BCUT2D eigenvalue weighted by Crippen LogP contribution is -2.13. The Morgan fingerprint density at radius 1 is 1.00 bits per heavy atom. The van der Waals surface area contributed by atoms with Crippen LogP contribution in [0.15, 0.2) is 83.4 Å². The van der Waals surface area contributed by atoms with Crippen LogP contribution in [0.5, 0.6) is 5.75 Å². The lowest BCUT2D eigenvalue weighted by Gasteiger charge is -2.13. The van der Waals surface area contributed by atoms with Gasteiger partial charge in [0.15, 0.2) is 11.6 Å². The van der Waals surface area contributed by atoms with Gasteiger partial charge >= 0.3 is 0 Å². The predicted molar refractivity (Wildman–Crippen MR) is 141 cm³/mol. The number of anilines is 1. The summed E-state index contributed by atoms with van der Waals surface area (Å²) in [4.78, 5) is 25.0. The Labute approximate surface area is 221 Å². The van der Waals surface area contributed by atoms with Crippen LogP contribution in [-0.2, 0) is 13.2 Å². The number of carbonyl (C=O) groups excluding carboxylic acids is 1. The second-order valence-corrected chi connectivity index (χ2v) is 8.27. The van der Waals surface area contributed by atoms with Crippen molar-refractivity contribution in [1.29, 1.82) is 0 Å². The Morgan fingerprint density at radius 3 is 2.41 bits per heavy atom. The van der Waals surface area contributed by atoms with Gasteiger partial charge in [-0.1, -0.05) is 24.3 Å². The van der Waals surface area contributed by atoms with Crippen LogP contribution in [0.2, 0.25) is 0 Å². The molecule has 39 heavy (non-hydrogen) atoms. The van der Waals surface area contributed by atoms with Crippen LogP contribution >= 0.6 is 0 Å². The van der Waals surface area contributed by atoms with Crippen molar-refractivity contribution < 1.29 is 20.1 Å². The van der Waals surface area contributed by atoms with E-state index in [9.17, 15) is 20.1 Å². The van der Waals surface area contributed by atoms with Crippen molar-refractivity contribution in [2.45, 2.75) is 13.2 Å². The van der Waals surface area contributed by atoms with E-state index >= 15 is 0 Å². The van der Waals surface area contributed by atoms with E-state index in [0.29, 0.717) is 27.6 Å². The SMILES string of the molecule is [C-]#[N+]c1cnn(-c2ncccn2)c1/N=N/c1cc2cc(CO)ccc2c(C(=O)Nc2ccc(CO)cc2)c1O. The van der Waals surface area contributed by atoms with E-state index < -0.39 is 11.7 Å². The highest BCUT2D eigenvalue weighted by molar-refractivity contribution is 6.16. The molecule has 192 valence electrons.